The lowest BCUT2D eigenvalue weighted by molar-refractivity contribution is -0.126. The minimum Gasteiger partial charge on any atom is -0.497 e. The third-order valence-corrected chi connectivity index (χ3v) is 7.30. The van der Waals surface area contributed by atoms with E-state index in [1.807, 2.05) is 17.0 Å². The fourth-order valence-electron chi connectivity index (χ4n) is 5.14. The first-order valence-electron chi connectivity index (χ1n) is 12.7. The van der Waals surface area contributed by atoms with Crippen LogP contribution in [0.5, 0.6) is 17.2 Å². The van der Waals surface area contributed by atoms with Gasteiger partial charge >= 0.3 is 0 Å². The number of methoxy groups -OCH3 is 3. The Balaban J connectivity index is 1.33. The van der Waals surface area contributed by atoms with Crippen molar-refractivity contribution in [2.24, 2.45) is 5.92 Å². The molecule has 2 aromatic carbocycles. The van der Waals surface area contributed by atoms with Crippen LogP contribution in [0.3, 0.4) is 0 Å². The average Bonchev–Trinajstić information content (AvgIpc) is 3.47. The maximum Gasteiger partial charge on any atom is 0.254 e. The number of nitrogens with zero attached hydrogens (tertiary/aromatic N) is 2. The molecule has 0 spiro atoms. The number of carbonyl (C=O) groups excluding carboxylic acids is 2. The number of piperidine rings is 1. The van der Waals surface area contributed by atoms with E-state index in [1.165, 1.54) is 18.4 Å². The number of ether oxygens (including phenoxy) is 3. The van der Waals surface area contributed by atoms with E-state index in [1.54, 1.807) is 39.5 Å². The number of amides is 2. The summed E-state index contributed by atoms with van der Waals surface area (Å²) in [6, 6.07) is 13.5. The number of likely N-dealkylation sites (tertiary alicyclic amines) is 2. The van der Waals surface area contributed by atoms with Crippen molar-refractivity contribution < 1.29 is 23.8 Å². The summed E-state index contributed by atoms with van der Waals surface area (Å²) < 4.78 is 15.9. The molecule has 36 heavy (non-hydrogen) atoms. The lowest BCUT2D eigenvalue weighted by Gasteiger charge is -2.33. The van der Waals surface area contributed by atoms with Gasteiger partial charge in [-0.25, -0.2) is 0 Å². The van der Waals surface area contributed by atoms with Gasteiger partial charge in [0, 0.05) is 37.2 Å². The van der Waals surface area contributed by atoms with Gasteiger partial charge in [-0.05, 0) is 68.6 Å². The Labute approximate surface area is 213 Å². The third kappa shape index (κ3) is 6.10. The summed E-state index contributed by atoms with van der Waals surface area (Å²) in [5.41, 5.74) is 1.72. The molecule has 2 amide bonds. The maximum atomic E-state index is 13.1. The van der Waals surface area contributed by atoms with E-state index in [9.17, 15) is 9.59 Å². The van der Waals surface area contributed by atoms with Crippen LogP contribution in [-0.2, 0) is 4.79 Å². The number of rotatable bonds is 9. The smallest absolute Gasteiger partial charge is 0.254 e. The van der Waals surface area contributed by atoms with E-state index in [4.69, 9.17) is 14.2 Å². The molecule has 2 aromatic rings. The molecule has 2 aliphatic heterocycles. The van der Waals surface area contributed by atoms with Crippen LogP contribution in [0.4, 0.5) is 0 Å². The van der Waals surface area contributed by atoms with Gasteiger partial charge in [0.1, 0.15) is 17.2 Å². The minimum atomic E-state index is -0.0935. The number of hydrogen-bond acceptors (Lipinski definition) is 6. The Morgan fingerprint density at radius 1 is 0.861 bits per heavy atom. The Bertz CT molecular complexity index is 1010. The summed E-state index contributed by atoms with van der Waals surface area (Å²) in [6.07, 6.45) is 3.67. The highest BCUT2D eigenvalue weighted by atomic mass is 16.5. The molecule has 0 aliphatic carbocycles. The molecule has 4 rings (SSSR count). The molecule has 1 N–H and O–H groups in total. The fourth-order valence-corrected chi connectivity index (χ4v) is 5.14. The van der Waals surface area contributed by atoms with Crippen molar-refractivity contribution in [3.8, 4) is 17.2 Å². The molecule has 8 nitrogen and oxygen atoms in total. The van der Waals surface area contributed by atoms with Crippen molar-refractivity contribution in [3.63, 3.8) is 0 Å². The van der Waals surface area contributed by atoms with Crippen LogP contribution < -0.4 is 19.5 Å². The van der Waals surface area contributed by atoms with Crippen molar-refractivity contribution in [1.82, 2.24) is 15.1 Å². The topological polar surface area (TPSA) is 80.3 Å². The van der Waals surface area contributed by atoms with Gasteiger partial charge in [0.05, 0.1) is 27.4 Å². The molecule has 0 aromatic heterocycles. The standard InChI is InChI=1S/C28H37N3O5/c1-34-23-8-6-20(7-9-23)26(30-12-4-5-13-30)19-29-27(32)21-10-14-31(15-11-21)28(33)22-16-24(35-2)18-25(17-22)36-3/h6-9,16-18,21,26H,4-5,10-15,19H2,1-3H3,(H,29,32). The first kappa shape index (κ1) is 25.8. The normalized spacial score (nSPS) is 17.5. The summed E-state index contributed by atoms with van der Waals surface area (Å²) in [5, 5.41) is 3.21. The van der Waals surface area contributed by atoms with Gasteiger partial charge in [0.2, 0.25) is 5.91 Å². The number of hydrogen-bond donors (Lipinski definition) is 1. The van der Waals surface area contributed by atoms with E-state index in [0.717, 1.165) is 18.8 Å². The second-order valence-electron chi connectivity index (χ2n) is 9.44. The van der Waals surface area contributed by atoms with Crippen LogP contribution in [0.25, 0.3) is 0 Å². The zero-order valence-electron chi connectivity index (χ0n) is 21.5. The predicted molar refractivity (Wildman–Crippen MR) is 138 cm³/mol. The van der Waals surface area contributed by atoms with E-state index in [-0.39, 0.29) is 23.8 Å². The number of benzene rings is 2. The van der Waals surface area contributed by atoms with Crippen LogP contribution in [-0.4, -0.2) is 75.7 Å². The summed E-state index contributed by atoms with van der Waals surface area (Å²) in [4.78, 5) is 30.4. The van der Waals surface area contributed by atoms with Gasteiger partial charge in [0.25, 0.3) is 5.91 Å². The van der Waals surface area contributed by atoms with Crippen molar-refractivity contribution >= 4 is 11.8 Å². The van der Waals surface area contributed by atoms with Crippen LogP contribution in [0.2, 0.25) is 0 Å². The molecular formula is C28H37N3O5. The van der Waals surface area contributed by atoms with E-state index < -0.39 is 0 Å². The molecule has 2 saturated heterocycles. The molecule has 1 atom stereocenters. The molecule has 0 saturated carbocycles. The van der Waals surface area contributed by atoms with Gasteiger partial charge in [-0.15, -0.1) is 0 Å². The van der Waals surface area contributed by atoms with Crippen molar-refractivity contribution in [2.75, 3.05) is 54.1 Å². The highest BCUT2D eigenvalue weighted by Gasteiger charge is 2.30. The van der Waals surface area contributed by atoms with Gasteiger partial charge in [-0.1, -0.05) is 12.1 Å². The highest BCUT2D eigenvalue weighted by molar-refractivity contribution is 5.95. The molecule has 2 fully saturated rings. The van der Waals surface area contributed by atoms with Crippen LogP contribution in [0, 0.1) is 5.92 Å². The Morgan fingerprint density at radius 2 is 1.44 bits per heavy atom. The fraction of sp³-hybridized carbons (Fsp3) is 0.500. The quantitative estimate of drug-likeness (QED) is 0.574. The molecule has 2 heterocycles. The van der Waals surface area contributed by atoms with E-state index in [0.29, 0.717) is 49.5 Å². The average molecular weight is 496 g/mol. The first-order valence-corrected chi connectivity index (χ1v) is 12.7. The molecule has 194 valence electrons. The Hall–Kier alpha value is -3.26. The van der Waals surface area contributed by atoms with Gasteiger partial charge in [0.15, 0.2) is 0 Å². The van der Waals surface area contributed by atoms with Crippen LogP contribution in [0.1, 0.15) is 47.6 Å². The first-order chi connectivity index (χ1) is 17.5. The third-order valence-electron chi connectivity index (χ3n) is 7.30. The van der Waals surface area contributed by atoms with Crippen molar-refractivity contribution in [3.05, 3.63) is 53.6 Å². The molecule has 0 radical (unpaired) electrons. The van der Waals surface area contributed by atoms with Crippen molar-refractivity contribution in [2.45, 2.75) is 31.7 Å². The van der Waals surface area contributed by atoms with Gasteiger partial charge in [-0.3, -0.25) is 14.5 Å². The Kier molecular flexibility index (Phi) is 8.70. The number of nitrogens with one attached hydrogen (secondary N) is 1. The molecular weight excluding hydrogens is 458 g/mol. The maximum absolute atomic E-state index is 13.1. The molecule has 8 heteroatoms. The largest absolute Gasteiger partial charge is 0.497 e. The summed E-state index contributed by atoms with van der Waals surface area (Å²) >= 11 is 0. The predicted octanol–water partition coefficient (Wildman–Crippen LogP) is 3.52. The van der Waals surface area contributed by atoms with Crippen molar-refractivity contribution in [1.29, 1.82) is 0 Å². The molecule has 2 aliphatic rings. The monoisotopic (exact) mass is 495 g/mol. The lowest BCUT2D eigenvalue weighted by atomic mass is 9.95. The van der Waals surface area contributed by atoms with Gasteiger partial charge < -0.3 is 24.4 Å². The molecule has 0 bridgehead atoms. The zero-order chi connectivity index (χ0) is 25.5. The summed E-state index contributed by atoms with van der Waals surface area (Å²) in [7, 11) is 4.80. The van der Waals surface area contributed by atoms with Crippen LogP contribution >= 0.6 is 0 Å². The molecule has 1 unspecified atom stereocenters. The second-order valence-corrected chi connectivity index (χ2v) is 9.44. The SMILES string of the molecule is COc1ccc(C(CNC(=O)C2CCN(C(=O)c3cc(OC)cc(OC)c3)CC2)N2CCCC2)cc1. The minimum absolute atomic E-state index is 0.0698. The van der Waals surface area contributed by atoms with E-state index >= 15 is 0 Å². The lowest BCUT2D eigenvalue weighted by Crippen LogP contribution is -2.44. The van der Waals surface area contributed by atoms with Crippen LogP contribution in [0.15, 0.2) is 42.5 Å². The second kappa shape index (κ2) is 12.1. The van der Waals surface area contributed by atoms with E-state index in [2.05, 4.69) is 22.3 Å². The van der Waals surface area contributed by atoms with Gasteiger partial charge in [-0.2, -0.15) is 0 Å². The summed E-state index contributed by atoms with van der Waals surface area (Å²) in [6.45, 7) is 3.76. The zero-order valence-corrected chi connectivity index (χ0v) is 21.5. The Morgan fingerprint density at radius 3 is 2.00 bits per heavy atom. The number of carbonyl (C=O) groups is 2. The summed E-state index contributed by atoms with van der Waals surface area (Å²) in [5.74, 6) is 1.90. The highest BCUT2D eigenvalue weighted by Crippen LogP contribution is 2.28.